The van der Waals surface area contributed by atoms with Gasteiger partial charge in [-0.1, -0.05) is 71.4 Å². The van der Waals surface area contributed by atoms with Crippen molar-refractivity contribution in [1.82, 2.24) is 0 Å². The summed E-state index contributed by atoms with van der Waals surface area (Å²) in [5.74, 6) is 0.720. The fraction of sp³-hybridized carbons (Fsp3) is 0.727. The summed E-state index contributed by atoms with van der Waals surface area (Å²) in [6, 6.07) is 6.29. The number of hydrogen-bond acceptors (Lipinski definition) is 2. The number of aliphatic hydroxyl groups is 1. The lowest BCUT2D eigenvalue weighted by Gasteiger charge is -2.27. The fourth-order valence-corrected chi connectivity index (χ4v) is 4.07. The molecule has 24 heavy (non-hydrogen) atoms. The smallest absolute Gasteiger partial charge is 0.119 e. The summed E-state index contributed by atoms with van der Waals surface area (Å²) < 4.78 is 0. The van der Waals surface area contributed by atoms with E-state index in [-0.39, 0.29) is 11.5 Å². The lowest BCUT2D eigenvalue weighted by Crippen LogP contribution is -2.17. The first-order chi connectivity index (χ1) is 11.4. The van der Waals surface area contributed by atoms with Crippen molar-refractivity contribution in [3.63, 3.8) is 0 Å². The molecule has 0 aromatic heterocycles. The highest BCUT2D eigenvalue weighted by Gasteiger charge is 2.25. The average molecular weight is 333 g/mol. The van der Waals surface area contributed by atoms with Gasteiger partial charge in [-0.15, -0.1) is 0 Å². The zero-order valence-corrected chi connectivity index (χ0v) is 15.9. The van der Waals surface area contributed by atoms with Crippen LogP contribution in [0, 0.1) is 0 Å². The van der Waals surface area contributed by atoms with Crippen molar-refractivity contribution in [3.8, 4) is 5.75 Å². The van der Waals surface area contributed by atoms with Gasteiger partial charge in [0.15, 0.2) is 0 Å². The lowest BCUT2D eigenvalue weighted by atomic mass is 9.78. The standard InChI is InChI=1S/C22H36O2/c1-4-5-6-9-14-22(2,3)18-12-13-20(21(24)16-18)17-10-7-8-11-19(23)15-17/h12-13,16-17,19,23-24H,4-11,14-15H2,1-3H3/t17-,19-/m0/s1. The Bertz CT molecular complexity index is 507. The molecule has 0 heterocycles. The van der Waals surface area contributed by atoms with Gasteiger partial charge in [0, 0.05) is 0 Å². The maximum absolute atomic E-state index is 10.6. The quantitative estimate of drug-likeness (QED) is 0.471. The second kappa shape index (κ2) is 8.89. The molecule has 0 aliphatic heterocycles. The third kappa shape index (κ3) is 5.24. The van der Waals surface area contributed by atoms with Gasteiger partial charge in [0.1, 0.15) is 5.75 Å². The number of hydrogen-bond donors (Lipinski definition) is 2. The molecule has 0 spiro atoms. The topological polar surface area (TPSA) is 40.5 Å². The first-order valence-electron chi connectivity index (χ1n) is 9.95. The molecule has 1 aliphatic carbocycles. The number of unbranched alkanes of at least 4 members (excludes halogenated alkanes) is 3. The van der Waals surface area contributed by atoms with Crippen molar-refractivity contribution in [3.05, 3.63) is 29.3 Å². The molecule has 2 atom stereocenters. The normalized spacial score (nSPS) is 22.3. The minimum absolute atomic E-state index is 0.104. The number of phenolic OH excluding ortho intramolecular Hbond substituents is 1. The zero-order chi connectivity index (χ0) is 17.6. The van der Waals surface area contributed by atoms with E-state index in [0.717, 1.165) is 44.1 Å². The van der Waals surface area contributed by atoms with Gasteiger partial charge >= 0.3 is 0 Å². The molecule has 1 aromatic rings. The second-order valence-corrected chi connectivity index (χ2v) is 8.34. The maximum atomic E-state index is 10.6. The van der Waals surface area contributed by atoms with Crippen LogP contribution in [-0.4, -0.2) is 16.3 Å². The van der Waals surface area contributed by atoms with Crippen LogP contribution in [0.25, 0.3) is 0 Å². The Balaban J connectivity index is 2.07. The Hall–Kier alpha value is -1.02. The van der Waals surface area contributed by atoms with E-state index in [4.69, 9.17) is 0 Å². The summed E-state index contributed by atoms with van der Waals surface area (Å²) in [5.41, 5.74) is 2.36. The minimum Gasteiger partial charge on any atom is -0.508 e. The molecule has 2 rings (SSSR count). The summed E-state index contributed by atoms with van der Waals surface area (Å²) in [4.78, 5) is 0. The van der Waals surface area contributed by atoms with Crippen LogP contribution in [0.5, 0.6) is 5.75 Å². The minimum atomic E-state index is -0.216. The van der Waals surface area contributed by atoms with Crippen LogP contribution < -0.4 is 0 Å². The van der Waals surface area contributed by atoms with E-state index in [2.05, 4.69) is 32.9 Å². The molecule has 2 nitrogen and oxygen atoms in total. The van der Waals surface area contributed by atoms with Crippen molar-refractivity contribution in [2.75, 3.05) is 0 Å². The summed E-state index contributed by atoms with van der Waals surface area (Å²) in [7, 11) is 0. The largest absolute Gasteiger partial charge is 0.508 e. The van der Waals surface area contributed by atoms with Crippen LogP contribution in [0.3, 0.4) is 0 Å². The number of aliphatic hydroxyl groups excluding tert-OH is 1. The van der Waals surface area contributed by atoms with Crippen LogP contribution in [0.4, 0.5) is 0 Å². The van der Waals surface area contributed by atoms with E-state index in [9.17, 15) is 10.2 Å². The molecule has 0 amide bonds. The third-order valence-corrected chi connectivity index (χ3v) is 5.80. The number of rotatable bonds is 7. The van der Waals surface area contributed by atoms with Crippen LogP contribution in [0.15, 0.2) is 18.2 Å². The Morgan fingerprint density at radius 2 is 1.83 bits per heavy atom. The van der Waals surface area contributed by atoms with E-state index in [1.165, 1.54) is 31.2 Å². The molecule has 0 radical (unpaired) electrons. The van der Waals surface area contributed by atoms with Crippen molar-refractivity contribution in [1.29, 1.82) is 0 Å². The lowest BCUT2D eigenvalue weighted by molar-refractivity contribution is 0.151. The number of benzene rings is 1. The highest BCUT2D eigenvalue weighted by atomic mass is 16.3. The van der Waals surface area contributed by atoms with Crippen molar-refractivity contribution < 1.29 is 10.2 Å². The summed E-state index contributed by atoms with van der Waals surface area (Å²) in [5, 5.41) is 20.7. The van der Waals surface area contributed by atoms with Gasteiger partial charge in [0.2, 0.25) is 0 Å². The van der Waals surface area contributed by atoms with Crippen LogP contribution in [0.2, 0.25) is 0 Å². The number of phenols is 1. The highest BCUT2D eigenvalue weighted by Crippen LogP contribution is 2.39. The molecule has 2 heteroatoms. The van der Waals surface area contributed by atoms with Crippen LogP contribution >= 0.6 is 0 Å². The molecule has 1 fully saturated rings. The van der Waals surface area contributed by atoms with E-state index >= 15 is 0 Å². The molecular weight excluding hydrogens is 296 g/mol. The van der Waals surface area contributed by atoms with E-state index in [1.807, 2.05) is 6.07 Å². The molecule has 136 valence electrons. The Labute approximate surface area is 148 Å². The van der Waals surface area contributed by atoms with Crippen molar-refractivity contribution in [2.24, 2.45) is 0 Å². The average Bonchev–Trinajstić information content (AvgIpc) is 2.76. The Morgan fingerprint density at radius 3 is 2.54 bits per heavy atom. The zero-order valence-electron chi connectivity index (χ0n) is 15.9. The van der Waals surface area contributed by atoms with E-state index in [0.29, 0.717) is 11.7 Å². The van der Waals surface area contributed by atoms with Gasteiger partial charge < -0.3 is 10.2 Å². The van der Waals surface area contributed by atoms with E-state index in [1.54, 1.807) is 0 Å². The molecule has 1 saturated carbocycles. The maximum Gasteiger partial charge on any atom is 0.119 e. The third-order valence-electron chi connectivity index (χ3n) is 5.80. The first kappa shape index (κ1) is 19.3. The van der Waals surface area contributed by atoms with Gasteiger partial charge in [-0.2, -0.15) is 0 Å². The summed E-state index contributed by atoms with van der Waals surface area (Å²) >= 11 is 0. The molecule has 0 saturated heterocycles. The van der Waals surface area contributed by atoms with Crippen molar-refractivity contribution in [2.45, 2.75) is 102 Å². The molecule has 0 bridgehead atoms. The van der Waals surface area contributed by atoms with Crippen molar-refractivity contribution >= 4 is 0 Å². The van der Waals surface area contributed by atoms with Crippen LogP contribution in [0.1, 0.15) is 102 Å². The SMILES string of the molecule is CCCCCCC(C)(C)c1ccc([C@H]2CCCC[C@H](O)C2)c(O)c1. The van der Waals surface area contributed by atoms with Gasteiger partial charge in [-0.25, -0.2) is 0 Å². The summed E-state index contributed by atoms with van der Waals surface area (Å²) in [6.45, 7) is 6.80. The molecule has 0 unspecified atom stereocenters. The molecule has 2 N–H and O–H groups in total. The molecule has 1 aliphatic rings. The van der Waals surface area contributed by atoms with Gasteiger partial charge in [0.05, 0.1) is 6.10 Å². The predicted molar refractivity (Wildman–Crippen MR) is 102 cm³/mol. The predicted octanol–water partition coefficient (Wildman–Crippen LogP) is 6.05. The Kier molecular flexibility index (Phi) is 7.16. The van der Waals surface area contributed by atoms with E-state index < -0.39 is 0 Å². The fourth-order valence-electron chi connectivity index (χ4n) is 4.07. The first-order valence-corrected chi connectivity index (χ1v) is 9.95. The monoisotopic (exact) mass is 332 g/mol. The summed E-state index contributed by atoms with van der Waals surface area (Å²) in [6.07, 6.45) is 11.1. The Morgan fingerprint density at radius 1 is 1.08 bits per heavy atom. The number of aromatic hydroxyl groups is 1. The second-order valence-electron chi connectivity index (χ2n) is 8.34. The van der Waals surface area contributed by atoms with Gasteiger partial charge in [0.25, 0.3) is 0 Å². The highest BCUT2D eigenvalue weighted by molar-refractivity contribution is 5.41. The van der Waals surface area contributed by atoms with Gasteiger partial charge in [-0.05, 0) is 54.2 Å². The molecule has 1 aromatic carbocycles. The van der Waals surface area contributed by atoms with Gasteiger partial charge in [-0.3, -0.25) is 0 Å². The van der Waals surface area contributed by atoms with Crippen LogP contribution in [-0.2, 0) is 5.41 Å². The molecular formula is C22H36O2.